The Morgan fingerprint density at radius 1 is 1.47 bits per heavy atom. The van der Waals surface area contributed by atoms with Crippen molar-refractivity contribution in [1.29, 1.82) is 0 Å². The van der Waals surface area contributed by atoms with E-state index in [2.05, 4.69) is 10.2 Å². The highest BCUT2D eigenvalue weighted by molar-refractivity contribution is 5.46. The molecule has 0 amide bonds. The van der Waals surface area contributed by atoms with Crippen molar-refractivity contribution in [3.05, 3.63) is 17.3 Å². The molecule has 1 aromatic rings. The number of alkyl halides is 3. The molecule has 0 aromatic carbocycles. The zero-order valence-electron chi connectivity index (χ0n) is 10.4. The molecule has 2 heterocycles. The average molecular weight is 276 g/mol. The van der Waals surface area contributed by atoms with Crippen molar-refractivity contribution in [2.45, 2.75) is 25.7 Å². The molecule has 0 spiro atoms. The number of nitrogens with two attached hydrogens (primary N) is 1. The van der Waals surface area contributed by atoms with E-state index >= 15 is 0 Å². The van der Waals surface area contributed by atoms with Crippen molar-refractivity contribution in [3.8, 4) is 0 Å². The van der Waals surface area contributed by atoms with E-state index in [0.29, 0.717) is 18.1 Å². The average Bonchev–Trinajstić information content (AvgIpc) is 2.37. The maximum Gasteiger partial charge on any atom is 0.416 e. The summed E-state index contributed by atoms with van der Waals surface area (Å²) in [7, 11) is 0. The van der Waals surface area contributed by atoms with E-state index in [0.717, 1.165) is 5.56 Å². The van der Waals surface area contributed by atoms with Gasteiger partial charge in [-0.2, -0.15) is 18.3 Å². The summed E-state index contributed by atoms with van der Waals surface area (Å²) in [4.78, 5) is 1.55. The number of nitrogens with zero attached hydrogens (tertiary/aromatic N) is 3. The Bertz CT molecular complexity index is 452. The fourth-order valence-electron chi connectivity index (χ4n) is 1.99. The quantitative estimate of drug-likeness (QED) is 0.873. The van der Waals surface area contributed by atoms with Crippen LogP contribution in [0.2, 0.25) is 0 Å². The molecule has 1 saturated heterocycles. The molecule has 2 N–H and O–H groups in total. The minimum Gasteiger partial charge on any atom is -0.365 e. The molecular weight excluding hydrogens is 261 g/mol. The zero-order valence-corrected chi connectivity index (χ0v) is 10.4. The second-order valence-corrected chi connectivity index (χ2v) is 4.39. The van der Waals surface area contributed by atoms with Gasteiger partial charge in [-0.15, -0.1) is 5.10 Å². The summed E-state index contributed by atoms with van der Waals surface area (Å²) >= 11 is 0. The van der Waals surface area contributed by atoms with Crippen LogP contribution in [0.1, 0.15) is 11.3 Å². The van der Waals surface area contributed by atoms with E-state index in [1.165, 1.54) is 0 Å². The fraction of sp³-hybridized carbons (Fsp3) is 0.636. The van der Waals surface area contributed by atoms with Crippen LogP contribution < -0.4 is 10.6 Å². The Kier molecular flexibility index (Phi) is 3.91. The summed E-state index contributed by atoms with van der Waals surface area (Å²) in [5.41, 5.74) is 6.82. The summed E-state index contributed by atoms with van der Waals surface area (Å²) in [5.74, 6) is 0.453. The highest BCUT2D eigenvalue weighted by Crippen LogP contribution is 2.28. The highest BCUT2D eigenvalue weighted by Gasteiger charge is 2.43. The molecule has 19 heavy (non-hydrogen) atoms. The Balaban J connectivity index is 2.17. The van der Waals surface area contributed by atoms with E-state index in [1.54, 1.807) is 17.9 Å². The molecule has 8 heteroatoms. The maximum absolute atomic E-state index is 12.6. The van der Waals surface area contributed by atoms with E-state index < -0.39 is 12.3 Å². The van der Waals surface area contributed by atoms with Gasteiger partial charge in [-0.1, -0.05) is 0 Å². The van der Waals surface area contributed by atoms with Gasteiger partial charge in [-0.25, -0.2) is 0 Å². The molecule has 0 aliphatic carbocycles. The van der Waals surface area contributed by atoms with E-state index in [1.807, 2.05) is 0 Å². The Morgan fingerprint density at radius 3 is 2.79 bits per heavy atom. The predicted molar refractivity (Wildman–Crippen MR) is 62.7 cm³/mol. The third-order valence-corrected chi connectivity index (χ3v) is 2.95. The first-order valence-electron chi connectivity index (χ1n) is 5.88. The molecule has 2 rings (SSSR count). The Hall–Kier alpha value is -1.41. The molecule has 1 aliphatic rings. The number of morpholine rings is 1. The van der Waals surface area contributed by atoms with Gasteiger partial charge >= 0.3 is 6.18 Å². The van der Waals surface area contributed by atoms with Crippen LogP contribution in [0, 0.1) is 6.92 Å². The predicted octanol–water partition coefficient (Wildman–Crippen LogP) is 1.01. The maximum atomic E-state index is 12.6. The van der Waals surface area contributed by atoms with Gasteiger partial charge in [0.15, 0.2) is 11.9 Å². The van der Waals surface area contributed by atoms with Crippen LogP contribution in [0.4, 0.5) is 19.0 Å². The number of hydrogen-bond donors (Lipinski definition) is 1. The molecule has 1 fully saturated rings. The Labute approximate surface area is 108 Å². The molecule has 1 atom stereocenters. The number of hydrogen-bond acceptors (Lipinski definition) is 5. The van der Waals surface area contributed by atoms with Gasteiger partial charge in [0.25, 0.3) is 0 Å². The van der Waals surface area contributed by atoms with Crippen LogP contribution in [-0.2, 0) is 11.3 Å². The highest BCUT2D eigenvalue weighted by atomic mass is 19.4. The summed E-state index contributed by atoms with van der Waals surface area (Å²) < 4.78 is 42.7. The number of aryl methyl sites for hydroxylation is 1. The second kappa shape index (κ2) is 5.30. The lowest BCUT2D eigenvalue weighted by molar-refractivity contribution is -0.221. The number of rotatable bonds is 2. The van der Waals surface area contributed by atoms with E-state index in [9.17, 15) is 13.2 Å². The summed E-state index contributed by atoms with van der Waals surface area (Å²) in [6.45, 7) is 2.15. The summed E-state index contributed by atoms with van der Waals surface area (Å²) in [6, 6.07) is 1.74. The van der Waals surface area contributed by atoms with Crippen LogP contribution >= 0.6 is 0 Å². The minimum absolute atomic E-state index is 0.0178. The van der Waals surface area contributed by atoms with Crippen LogP contribution in [0.5, 0.6) is 0 Å². The Morgan fingerprint density at radius 2 is 2.21 bits per heavy atom. The van der Waals surface area contributed by atoms with Crippen LogP contribution in [0.15, 0.2) is 6.07 Å². The lowest BCUT2D eigenvalue weighted by Crippen LogP contribution is -2.49. The van der Waals surface area contributed by atoms with Gasteiger partial charge in [-0.3, -0.25) is 0 Å². The van der Waals surface area contributed by atoms with Gasteiger partial charge in [-0.05, 0) is 18.6 Å². The van der Waals surface area contributed by atoms with Gasteiger partial charge < -0.3 is 15.4 Å². The number of halogens is 3. The topological polar surface area (TPSA) is 64.3 Å². The normalized spacial score (nSPS) is 20.7. The first-order chi connectivity index (χ1) is 8.91. The molecule has 1 aromatic heterocycles. The van der Waals surface area contributed by atoms with Crippen molar-refractivity contribution < 1.29 is 17.9 Å². The minimum atomic E-state index is -4.36. The molecule has 1 aliphatic heterocycles. The monoisotopic (exact) mass is 276 g/mol. The van der Waals surface area contributed by atoms with Crippen LogP contribution in [0.3, 0.4) is 0 Å². The first kappa shape index (κ1) is 14.0. The fourth-order valence-corrected chi connectivity index (χ4v) is 1.99. The van der Waals surface area contributed by atoms with Gasteiger partial charge in [0.05, 0.1) is 18.8 Å². The van der Waals surface area contributed by atoms with E-state index in [-0.39, 0.29) is 19.7 Å². The number of aromatic nitrogens is 2. The molecular formula is C11H15F3N4O. The van der Waals surface area contributed by atoms with Crippen molar-refractivity contribution in [3.63, 3.8) is 0 Å². The van der Waals surface area contributed by atoms with Crippen LogP contribution in [-0.4, -0.2) is 42.2 Å². The van der Waals surface area contributed by atoms with Gasteiger partial charge in [0.1, 0.15) is 0 Å². The van der Waals surface area contributed by atoms with Crippen molar-refractivity contribution in [2.75, 3.05) is 24.6 Å². The SMILES string of the molecule is Cc1cc(CN)nnc1N1CCOC(C(F)(F)F)C1. The molecule has 0 radical (unpaired) electrons. The third kappa shape index (κ3) is 3.13. The van der Waals surface area contributed by atoms with E-state index in [4.69, 9.17) is 10.5 Å². The summed E-state index contributed by atoms with van der Waals surface area (Å²) in [5, 5.41) is 7.84. The molecule has 106 valence electrons. The summed E-state index contributed by atoms with van der Waals surface area (Å²) in [6.07, 6.45) is -6.14. The number of anilines is 1. The van der Waals surface area contributed by atoms with Gasteiger partial charge in [0.2, 0.25) is 0 Å². The molecule has 5 nitrogen and oxygen atoms in total. The molecule has 0 saturated carbocycles. The standard InChI is InChI=1S/C11H15F3N4O/c1-7-4-8(5-15)16-17-10(7)18-2-3-19-9(6-18)11(12,13)14/h4,9H,2-3,5-6,15H2,1H3. The zero-order chi connectivity index (χ0) is 14.0. The lowest BCUT2D eigenvalue weighted by Gasteiger charge is -2.34. The first-order valence-corrected chi connectivity index (χ1v) is 5.88. The van der Waals surface area contributed by atoms with Crippen molar-refractivity contribution >= 4 is 5.82 Å². The second-order valence-electron chi connectivity index (χ2n) is 4.39. The number of ether oxygens (including phenoxy) is 1. The molecule has 1 unspecified atom stereocenters. The van der Waals surface area contributed by atoms with Crippen molar-refractivity contribution in [2.24, 2.45) is 5.73 Å². The smallest absolute Gasteiger partial charge is 0.365 e. The van der Waals surface area contributed by atoms with Gasteiger partial charge in [0, 0.05) is 13.1 Å². The van der Waals surface area contributed by atoms with Crippen molar-refractivity contribution in [1.82, 2.24) is 10.2 Å². The van der Waals surface area contributed by atoms with Crippen LogP contribution in [0.25, 0.3) is 0 Å². The lowest BCUT2D eigenvalue weighted by atomic mass is 10.2. The largest absolute Gasteiger partial charge is 0.416 e. The third-order valence-electron chi connectivity index (χ3n) is 2.95. The molecule has 0 bridgehead atoms.